The Morgan fingerprint density at radius 2 is 1.58 bits per heavy atom. The average Bonchev–Trinajstić information content (AvgIpc) is 2.78. The van der Waals surface area contributed by atoms with E-state index in [1.165, 1.54) is 51.4 Å². The summed E-state index contributed by atoms with van der Waals surface area (Å²) in [7, 11) is 0. The molecule has 5 fully saturated rings. The molecular weight excluding hydrogens is 232 g/mol. The third kappa shape index (κ3) is 1.90. The van der Waals surface area contributed by atoms with Gasteiger partial charge < -0.3 is 11.1 Å². The first-order chi connectivity index (χ1) is 9.19. The van der Waals surface area contributed by atoms with E-state index in [1.807, 2.05) is 0 Å². The molecule has 5 aliphatic carbocycles. The fourth-order valence-corrected chi connectivity index (χ4v) is 6.37. The average molecular weight is 262 g/mol. The quantitative estimate of drug-likeness (QED) is 0.821. The Morgan fingerprint density at radius 1 is 0.947 bits per heavy atom. The molecular formula is C17H30N2. The maximum absolute atomic E-state index is 6.34. The van der Waals surface area contributed by atoms with Crippen molar-refractivity contribution in [1.29, 1.82) is 0 Å². The normalized spacial score (nSPS) is 55.9. The third-order valence-electron chi connectivity index (χ3n) is 7.10. The van der Waals surface area contributed by atoms with Gasteiger partial charge in [0.25, 0.3) is 0 Å². The maximum Gasteiger partial charge on any atom is 0.0363 e. The van der Waals surface area contributed by atoms with E-state index in [9.17, 15) is 0 Å². The van der Waals surface area contributed by atoms with Gasteiger partial charge in [0.2, 0.25) is 0 Å². The van der Waals surface area contributed by atoms with E-state index < -0.39 is 0 Å². The van der Waals surface area contributed by atoms with Gasteiger partial charge in [-0.2, -0.15) is 0 Å². The second-order valence-corrected chi connectivity index (χ2v) is 8.31. The summed E-state index contributed by atoms with van der Waals surface area (Å²) in [6.45, 7) is 3.29. The van der Waals surface area contributed by atoms with E-state index >= 15 is 0 Å². The van der Waals surface area contributed by atoms with Crippen molar-refractivity contribution in [3.8, 4) is 0 Å². The molecule has 0 heterocycles. The van der Waals surface area contributed by atoms with E-state index in [-0.39, 0.29) is 0 Å². The van der Waals surface area contributed by atoms with Crippen molar-refractivity contribution in [2.75, 3.05) is 6.54 Å². The van der Waals surface area contributed by atoms with Crippen LogP contribution in [0.15, 0.2) is 0 Å². The topological polar surface area (TPSA) is 38.0 Å². The van der Waals surface area contributed by atoms with Gasteiger partial charge >= 0.3 is 0 Å². The van der Waals surface area contributed by atoms with E-state index in [2.05, 4.69) is 12.2 Å². The lowest BCUT2D eigenvalue weighted by atomic mass is 9.48. The highest BCUT2D eigenvalue weighted by atomic mass is 15.1. The molecule has 0 aromatic carbocycles. The molecule has 2 atom stereocenters. The largest absolute Gasteiger partial charge is 0.329 e. The van der Waals surface area contributed by atoms with Gasteiger partial charge in [-0.15, -0.1) is 0 Å². The minimum Gasteiger partial charge on any atom is -0.329 e. The van der Waals surface area contributed by atoms with Crippen molar-refractivity contribution in [2.24, 2.45) is 35.3 Å². The van der Waals surface area contributed by atoms with Crippen LogP contribution in [0.5, 0.6) is 0 Å². The van der Waals surface area contributed by atoms with Crippen LogP contribution in [-0.2, 0) is 0 Å². The zero-order chi connectivity index (χ0) is 13.0. The molecule has 5 aliphatic rings. The van der Waals surface area contributed by atoms with Crippen LogP contribution in [0, 0.1) is 29.6 Å². The molecule has 5 saturated carbocycles. The Bertz CT molecular complexity index is 323. The Balaban J connectivity index is 1.56. The van der Waals surface area contributed by atoms with Crippen molar-refractivity contribution in [3.63, 3.8) is 0 Å². The molecule has 108 valence electrons. The van der Waals surface area contributed by atoms with Gasteiger partial charge in [0.1, 0.15) is 0 Å². The number of hydrogen-bond donors (Lipinski definition) is 2. The summed E-state index contributed by atoms with van der Waals surface area (Å²) in [6, 6.07) is 0.760. The molecule has 0 aliphatic heterocycles. The van der Waals surface area contributed by atoms with Crippen LogP contribution in [0.3, 0.4) is 0 Å². The van der Waals surface area contributed by atoms with Gasteiger partial charge in [0, 0.05) is 18.1 Å². The van der Waals surface area contributed by atoms with Crippen LogP contribution in [0.1, 0.15) is 58.3 Å². The standard InChI is InChI=1S/C17H30N2/c1-11-2-3-16(4-11)19-17(10-18)14-6-12-5-13(8-14)9-15(17)7-12/h11-16,19H,2-10,18H2,1H3. The predicted octanol–water partition coefficient (Wildman–Crippen LogP) is 2.92. The summed E-state index contributed by atoms with van der Waals surface area (Å²) in [4.78, 5) is 0. The molecule has 0 radical (unpaired) electrons. The van der Waals surface area contributed by atoms with Crippen LogP contribution in [0.25, 0.3) is 0 Å². The van der Waals surface area contributed by atoms with Crippen LogP contribution >= 0.6 is 0 Å². The number of nitrogens with two attached hydrogens (primary N) is 1. The van der Waals surface area contributed by atoms with Gasteiger partial charge in [-0.25, -0.2) is 0 Å². The molecule has 3 N–H and O–H groups in total. The SMILES string of the molecule is CC1CCC(NC2(CN)C3CC4CC(C3)CC2C4)C1. The van der Waals surface area contributed by atoms with Crippen molar-refractivity contribution < 1.29 is 0 Å². The Labute approximate surface area is 117 Å². The first-order valence-corrected chi connectivity index (χ1v) is 8.67. The molecule has 0 aromatic rings. The lowest BCUT2D eigenvalue weighted by Crippen LogP contribution is -2.69. The van der Waals surface area contributed by atoms with Gasteiger partial charge in [0.15, 0.2) is 0 Å². The fraction of sp³-hybridized carbons (Fsp3) is 1.00. The lowest BCUT2D eigenvalue weighted by Gasteiger charge is -2.62. The highest BCUT2D eigenvalue weighted by molar-refractivity contribution is 5.12. The summed E-state index contributed by atoms with van der Waals surface area (Å²) >= 11 is 0. The van der Waals surface area contributed by atoms with Gasteiger partial charge in [-0.05, 0) is 81.0 Å². The number of nitrogens with one attached hydrogen (secondary N) is 1. The molecule has 0 spiro atoms. The van der Waals surface area contributed by atoms with Crippen LogP contribution in [-0.4, -0.2) is 18.1 Å². The molecule has 19 heavy (non-hydrogen) atoms. The van der Waals surface area contributed by atoms with E-state index in [0.717, 1.165) is 42.2 Å². The van der Waals surface area contributed by atoms with E-state index in [0.29, 0.717) is 5.54 Å². The van der Waals surface area contributed by atoms with Crippen LogP contribution < -0.4 is 11.1 Å². The minimum absolute atomic E-state index is 0.322. The van der Waals surface area contributed by atoms with Gasteiger partial charge in [-0.3, -0.25) is 0 Å². The zero-order valence-electron chi connectivity index (χ0n) is 12.4. The summed E-state index contributed by atoms with van der Waals surface area (Å²) < 4.78 is 0. The zero-order valence-corrected chi connectivity index (χ0v) is 12.4. The summed E-state index contributed by atoms with van der Waals surface area (Å²) in [6.07, 6.45) is 11.6. The summed E-state index contributed by atoms with van der Waals surface area (Å²) in [5.74, 6) is 4.80. The van der Waals surface area contributed by atoms with Gasteiger partial charge in [0.05, 0.1) is 0 Å². The highest BCUT2D eigenvalue weighted by Crippen LogP contribution is 2.58. The van der Waals surface area contributed by atoms with Crippen molar-refractivity contribution >= 4 is 0 Å². The molecule has 0 amide bonds. The second kappa shape index (κ2) is 4.46. The van der Waals surface area contributed by atoms with Crippen molar-refractivity contribution in [3.05, 3.63) is 0 Å². The highest BCUT2D eigenvalue weighted by Gasteiger charge is 2.56. The van der Waals surface area contributed by atoms with E-state index in [4.69, 9.17) is 5.73 Å². The number of hydrogen-bond acceptors (Lipinski definition) is 2. The van der Waals surface area contributed by atoms with Gasteiger partial charge in [-0.1, -0.05) is 6.92 Å². The van der Waals surface area contributed by atoms with E-state index in [1.54, 1.807) is 0 Å². The predicted molar refractivity (Wildman–Crippen MR) is 78.8 cm³/mol. The van der Waals surface area contributed by atoms with Crippen molar-refractivity contribution in [2.45, 2.75) is 69.9 Å². The Hall–Kier alpha value is -0.0800. The minimum atomic E-state index is 0.322. The Kier molecular flexibility index (Phi) is 2.97. The fourth-order valence-electron chi connectivity index (χ4n) is 6.37. The smallest absolute Gasteiger partial charge is 0.0363 e. The molecule has 2 nitrogen and oxygen atoms in total. The van der Waals surface area contributed by atoms with Crippen molar-refractivity contribution in [1.82, 2.24) is 5.32 Å². The third-order valence-corrected chi connectivity index (χ3v) is 7.10. The number of rotatable bonds is 3. The molecule has 2 unspecified atom stereocenters. The Morgan fingerprint density at radius 3 is 2.05 bits per heavy atom. The summed E-state index contributed by atoms with van der Waals surface area (Å²) in [5.41, 5.74) is 6.66. The second-order valence-electron chi connectivity index (χ2n) is 8.31. The molecule has 0 saturated heterocycles. The first-order valence-electron chi connectivity index (χ1n) is 8.67. The molecule has 5 rings (SSSR count). The van der Waals surface area contributed by atoms with Crippen LogP contribution in [0.2, 0.25) is 0 Å². The molecule has 0 aromatic heterocycles. The maximum atomic E-state index is 6.34. The summed E-state index contributed by atoms with van der Waals surface area (Å²) in [5, 5.41) is 4.13. The first kappa shape index (κ1) is 12.6. The lowest BCUT2D eigenvalue weighted by molar-refractivity contribution is -0.0738. The molecule has 2 heteroatoms. The van der Waals surface area contributed by atoms with Crippen LogP contribution in [0.4, 0.5) is 0 Å². The molecule has 4 bridgehead atoms. The monoisotopic (exact) mass is 262 g/mol.